The van der Waals surface area contributed by atoms with Crippen LogP contribution in [0.2, 0.25) is 0 Å². The minimum absolute atomic E-state index is 0.0161. The Morgan fingerprint density at radius 1 is 1.24 bits per heavy atom. The average Bonchev–Trinajstić information content (AvgIpc) is 2.48. The van der Waals surface area contributed by atoms with E-state index in [9.17, 15) is 9.90 Å². The lowest BCUT2D eigenvalue weighted by Gasteiger charge is -2.10. The topological polar surface area (TPSA) is 84.6 Å². The fourth-order valence-electron chi connectivity index (χ4n) is 2.07. The highest BCUT2D eigenvalue weighted by Gasteiger charge is 2.09. The molecule has 0 aliphatic carbocycles. The molecule has 5 nitrogen and oxygen atoms in total. The van der Waals surface area contributed by atoms with E-state index in [1.54, 1.807) is 12.1 Å². The highest BCUT2D eigenvalue weighted by molar-refractivity contribution is 5.92. The SMILES string of the molecule is COc1ccc(NC(=O)Cc2ccccc2CN)cc1O. The maximum absolute atomic E-state index is 12.1. The largest absolute Gasteiger partial charge is 0.504 e. The van der Waals surface area contributed by atoms with Crippen molar-refractivity contribution in [3.05, 3.63) is 53.6 Å². The maximum Gasteiger partial charge on any atom is 0.228 e. The summed E-state index contributed by atoms with van der Waals surface area (Å²) in [5.41, 5.74) is 8.02. The van der Waals surface area contributed by atoms with Gasteiger partial charge in [0, 0.05) is 18.3 Å². The van der Waals surface area contributed by atoms with Gasteiger partial charge in [0.2, 0.25) is 5.91 Å². The van der Waals surface area contributed by atoms with Crippen LogP contribution in [0.3, 0.4) is 0 Å². The first kappa shape index (κ1) is 14.9. The van der Waals surface area contributed by atoms with Crippen molar-refractivity contribution in [1.82, 2.24) is 0 Å². The number of carbonyl (C=O) groups excluding carboxylic acids is 1. The summed E-state index contributed by atoms with van der Waals surface area (Å²) in [6.45, 7) is 0.396. The number of hydrogen-bond donors (Lipinski definition) is 3. The molecule has 0 radical (unpaired) electrons. The molecule has 0 saturated carbocycles. The summed E-state index contributed by atoms with van der Waals surface area (Å²) in [6.07, 6.45) is 0.236. The molecule has 0 saturated heterocycles. The number of phenolic OH excluding ortho intramolecular Hbond substituents is 1. The quantitative estimate of drug-likeness (QED) is 0.785. The van der Waals surface area contributed by atoms with Crippen LogP contribution in [0.25, 0.3) is 0 Å². The van der Waals surface area contributed by atoms with Gasteiger partial charge >= 0.3 is 0 Å². The van der Waals surface area contributed by atoms with Gasteiger partial charge in [-0.25, -0.2) is 0 Å². The first-order valence-corrected chi connectivity index (χ1v) is 6.57. The molecule has 110 valence electrons. The molecule has 0 unspecified atom stereocenters. The van der Waals surface area contributed by atoms with Gasteiger partial charge in [0.05, 0.1) is 13.5 Å². The molecule has 0 fully saturated rings. The Bertz CT molecular complexity index is 641. The van der Waals surface area contributed by atoms with E-state index in [-0.39, 0.29) is 18.1 Å². The van der Waals surface area contributed by atoms with Crippen LogP contribution in [0.4, 0.5) is 5.69 Å². The Kier molecular flexibility index (Phi) is 4.79. The lowest BCUT2D eigenvalue weighted by molar-refractivity contribution is -0.115. The van der Waals surface area contributed by atoms with Crippen molar-refractivity contribution in [2.75, 3.05) is 12.4 Å². The predicted molar refractivity (Wildman–Crippen MR) is 81.3 cm³/mol. The van der Waals surface area contributed by atoms with Crippen LogP contribution in [0.1, 0.15) is 11.1 Å². The summed E-state index contributed by atoms with van der Waals surface area (Å²) in [5, 5.41) is 12.4. The van der Waals surface area contributed by atoms with Crippen LogP contribution in [-0.2, 0) is 17.8 Å². The van der Waals surface area contributed by atoms with Gasteiger partial charge in [-0.15, -0.1) is 0 Å². The molecule has 0 spiro atoms. The molecule has 0 bridgehead atoms. The molecule has 2 rings (SSSR count). The number of benzene rings is 2. The van der Waals surface area contributed by atoms with E-state index in [0.29, 0.717) is 18.0 Å². The van der Waals surface area contributed by atoms with Gasteiger partial charge in [-0.05, 0) is 23.3 Å². The van der Waals surface area contributed by atoms with Crippen LogP contribution in [-0.4, -0.2) is 18.1 Å². The van der Waals surface area contributed by atoms with E-state index in [0.717, 1.165) is 11.1 Å². The molecular weight excluding hydrogens is 268 g/mol. The molecule has 1 amide bonds. The van der Waals surface area contributed by atoms with Gasteiger partial charge in [-0.1, -0.05) is 24.3 Å². The smallest absolute Gasteiger partial charge is 0.228 e. The zero-order valence-electron chi connectivity index (χ0n) is 11.8. The van der Waals surface area contributed by atoms with Crippen LogP contribution in [0.5, 0.6) is 11.5 Å². The van der Waals surface area contributed by atoms with E-state index in [1.165, 1.54) is 13.2 Å². The van der Waals surface area contributed by atoms with E-state index in [2.05, 4.69) is 5.32 Å². The number of anilines is 1. The number of rotatable bonds is 5. The fraction of sp³-hybridized carbons (Fsp3) is 0.188. The second kappa shape index (κ2) is 6.76. The standard InChI is InChI=1S/C16H18N2O3/c1-21-15-7-6-13(9-14(15)19)18-16(20)8-11-4-2-3-5-12(11)10-17/h2-7,9,19H,8,10,17H2,1H3,(H,18,20). The molecule has 0 aromatic heterocycles. The van der Waals surface area contributed by atoms with Crippen LogP contribution in [0.15, 0.2) is 42.5 Å². The maximum atomic E-state index is 12.1. The van der Waals surface area contributed by atoms with Gasteiger partial charge in [0.25, 0.3) is 0 Å². The molecule has 2 aromatic carbocycles. The Hall–Kier alpha value is -2.53. The second-order valence-corrected chi connectivity index (χ2v) is 4.58. The fourth-order valence-corrected chi connectivity index (χ4v) is 2.07. The van der Waals surface area contributed by atoms with Crippen molar-refractivity contribution in [3.8, 4) is 11.5 Å². The Labute approximate surface area is 123 Å². The van der Waals surface area contributed by atoms with Gasteiger partial charge in [0.1, 0.15) is 0 Å². The summed E-state index contributed by atoms with van der Waals surface area (Å²) in [5.74, 6) is 0.180. The summed E-state index contributed by atoms with van der Waals surface area (Å²) in [4.78, 5) is 12.1. The Morgan fingerprint density at radius 2 is 1.95 bits per heavy atom. The third-order valence-corrected chi connectivity index (χ3v) is 3.15. The first-order chi connectivity index (χ1) is 10.1. The predicted octanol–water partition coefficient (Wildman–Crippen LogP) is 2.04. The lowest BCUT2D eigenvalue weighted by Crippen LogP contribution is -2.16. The van der Waals surface area contributed by atoms with Crippen LogP contribution < -0.4 is 15.8 Å². The van der Waals surface area contributed by atoms with E-state index in [4.69, 9.17) is 10.5 Å². The van der Waals surface area contributed by atoms with Gasteiger partial charge in [-0.3, -0.25) is 4.79 Å². The number of nitrogens with two attached hydrogens (primary N) is 1. The minimum atomic E-state index is -0.166. The van der Waals surface area contributed by atoms with Gasteiger partial charge in [0.15, 0.2) is 11.5 Å². The molecule has 21 heavy (non-hydrogen) atoms. The van der Waals surface area contributed by atoms with Crippen molar-refractivity contribution in [2.45, 2.75) is 13.0 Å². The molecule has 2 aromatic rings. The summed E-state index contributed by atoms with van der Waals surface area (Å²) < 4.78 is 4.95. The minimum Gasteiger partial charge on any atom is -0.504 e. The molecule has 0 aliphatic heterocycles. The third kappa shape index (κ3) is 3.73. The number of nitrogens with one attached hydrogen (secondary N) is 1. The average molecular weight is 286 g/mol. The van der Waals surface area contributed by atoms with Crippen LogP contribution >= 0.6 is 0 Å². The first-order valence-electron chi connectivity index (χ1n) is 6.57. The molecule has 4 N–H and O–H groups in total. The highest BCUT2D eigenvalue weighted by Crippen LogP contribution is 2.28. The molecule has 0 aliphatic rings. The zero-order valence-corrected chi connectivity index (χ0v) is 11.8. The van der Waals surface area contributed by atoms with Gasteiger partial charge < -0.3 is 20.9 Å². The van der Waals surface area contributed by atoms with Gasteiger partial charge in [-0.2, -0.15) is 0 Å². The van der Waals surface area contributed by atoms with Crippen molar-refractivity contribution in [3.63, 3.8) is 0 Å². The molecule has 5 heteroatoms. The normalized spacial score (nSPS) is 10.2. The van der Waals surface area contributed by atoms with Crippen molar-refractivity contribution in [2.24, 2.45) is 5.73 Å². The lowest BCUT2D eigenvalue weighted by atomic mass is 10.0. The number of carbonyl (C=O) groups is 1. The Balaban J connectivity index is 2.06. The highest BCUT2D eigenvalue weighted by atomic mass is 16.5. The number of ether oxygens (including phenoxy) is 1. The number of phenols is 1. The van der Waals surface area contributed by atoms with Crippen molar-refractivity contribution >= 4 is 11.6 Å². The van der Waals surface area contributed by atoms with E-state index in [1.807, 2.05) is 24.3 Å². The number of methoxy groups -OCH3 is 1. The second-order valence-electron chi connectivity index (χ2n) is 4.58. The molecular formula is C16H18N2O3. The zero-order chi connectivity index (χ0) is 15.2. The third-order valence-electron chi connectivity index (χ3n) is 3.15. The summed E-state index contributed by atoms with van der Waals surface area (Å²) in [7, 11) is 1.47. The van der Waals surface area contributed by atoms with Crippen molar-refractivity contribution in [1.29, 1.82) is 0 Å². The number of aromatic hydroxyl groups is 1. The van der Waals surface area contributed by atoms with E-state index >= 15 is 0 Å². The Morgan fingerprint density at radius 3 is 2.57 bits per heavy atom. The van der Waals surface area contributed by atoms with Crippen LogP contribution in [0, 0.1) is 0 Å². The number of amides is 1. The molecule has 0 heterocycles. The van der Waals surface area contributed by atoms with E-state index < -0.39 is 0 Å². The monoisotopic (exact) mass is 286 g/mol. The summed E-state index contributed by atoms with van der Waals surface area (Å²) in [6, 6.07) is 12.3. The molecule has 0 atom stereocenters. The summed E-state index contributed by atoms with van der Waals surface area (Å²) >= 11 is 0. The van der Waals surface area contributed by atoms with Crippen molar-refractivity contribution < 1.29 is 14.6 Å². The number of hydrogen-bond acceptors (Lipinski definition) is 4.